The molecule has 0 atom stereocenters. The Morgan fingerprint density at radius 1 is 0.906 bits per heavy atom. The van der Waals surface area contributed by atoms with Crippen molar-refractivity contribution in [1.29, 1.82) is 0 Å². The summed E-state index contributed by atoms with van der Waals surface area (Å²) in [5.74, 6) is 0. The minimum Gasteiger partial charge on any atom is -0.330 e. The lowest BCUT2D eigenvalue weighted by atomic mass is 10.1. The van der Waals surface area contributed by atoms with E-state index in [4.69, 9.17) is 17.3 Å². The fraction of sp³-hybridized carbons (Fsp3) is 0.304. The molecular formula is C23H28N8S. The van der Waals surface area contributed by atoms with Crippen LogP contribution in [0.4, 0.5) is 11.4 Å². The van der Waals surface area contributed by atoms with Gasteiger partial charge in [0.15, 0.2) is 5.11 Å². The van der Waals surface area contributed by atoms with Gasteiger partial charge in [0.1, 0.15) is 0 Å². The third-order valence-corrected chi connectivity index (χ3v) is 5.52. The highest BCUT2D eigenvalue weighted by atomic mass is 32.1. The average Bonchev–Trinajstić information content (AvgIpc) is 3.47. The molecule has 0 aliphatic rings. The molecular weight excluding hydrogens is 420 g/mol. The average molecular weight is 449 g/mol. The SMILES string of the molecule is CCn1cc(Cn2cc(NC(=S)Nc3c(C)nn(Cc4ccc(C)cc4)c3C)cn2)cn1. The summed E-state index contributed by atoms with van der Waals surface area (Å²) in [5, 5.41) is 20.4. The molecule has 9 heteroatoms. The molecule has 3 heterocycles. The number of nitrogens with zero attached hydrogens (tertiary/aromatic N) is 6. The highest BCUT2D eigenvalue weighted by molar-refractivity contribution is 7.80. The molecule has 0 aliphatic heterocycles. The summed E-state index contributed by atoms with van der Waals surface area (Å²) >= 11 is 5.54. The molecule has 32 heavy (non-hydrogen) atoms. The highest BCUT2D eigenvalue weighted by Gasteiger charge is 2.13. The second kappa shape index (κ2) is 9.35. The Hall–Kier alpha value is -3.46. The summed E-state index contributed by atoms with van der Waals surface area (Å²) in [4.78, 5) is 0. The fourth-order valence-electron chi connectivity index (χ4n) is 3.54. The molecule has 0 aliphatic carbocycles. The van der Waals surface area contributed by atoms with Gasteiger partial charge in [-0.2, -0.15) is 15.3 Å². The molecule has 0 saturated carbocycles. The van der Waals surface area contributed by atoms with Crippen LogP contribution < -0.4 is 10.6 Å². The smallest absolute Gasteiger partial charge is 0.175 e. The Kier molecular flexibility index (Phi) is 6.36. The number of nitrogens with one attached hydrogen (secondary N) is 2. The van der Waals surface area contributed by atoms with Crippen LogP contribution in [0.5, 0.6) is 0 Å². The van der Waals surface area contributed by atoms with Crippen LogP contribution >= 0.6 is 12.2 Å². The minimum absolute atomic E-state index is 0.504. The summed E-state index contributed by atoms with van der Waals surface area (Å²) in [7, 11) is 0. The van der Waals surface area contributed by atoms with Crippen molar-refractivity contribution in [3.05, 3.63) is 77.1 Å². The molecule has 1 aromatic carbocycles. The van der Waals surface area contributed by atoms with Crippen LogP contribution in [0, 0.1) is 20.8 Å². The van der Waals surface area contributed by atoms with E-state index in [0.717, 1.165) is 41.4 Å². The number of thiocarbonyl (C=S) groups is 1. The zero-order chi connectivity index (χ0) is 22.7. The third kappa shape index (κ3) is 5.05. The zero-order valence-corrected chi connectivity index (χ0v) is 19.6. The van der Waals surface area contributed by atoms with E-state index in [1.807, 2.05) is 46.5 Å². The predicted octanol–water partition coefficient (Wildman–Crippen LogP) is 4.13. The van der Waals surface area contributed by atoms with Gasteiger partial charge in [-0.05, 0) is 45.5 Å². The largest absolute Gasteiger partial charge is 0.330 e. The quantitative estimate of drug-likeness (QED) is 0.414. The van der Waals surface area contributed by atoms with Crippen LogP contribution in [-0.4, -0.2) is 34.5 Å². The van der Waals surface area contributed by atoms with Gasteiger partial charge in [0.25, 0.3) is 0 Å². The van der Waals surface area contributed by atoms with Crippen molar-refractivity contribution in [1.82, 2.24) is 29.3 Å². The Balaban J connectivity index is 1.38. The number of aryl methyl sites for hydroxylation is 3. The van der Waals surface area contributed by atoms with Gasteiger partial charge in [-0.25, -0.2) is 0 Å². The van der Waals surface area contributed by atoms with Gasteiger partial charge in [0.2, 0.25) is 0 Å². The summed E-state index contributed by atoms with van der Waals surface area (Å²) in [6.45, 7) is 10.4. The molecule has 2 N–H and O–H groups in total. The molecule has 0 radical (unpaired) electrons. The van der Waals surface area contributed by atoms with Crippen LogP contribution in [0.1, 0.15) is 35.0 Å². The van der Waals surface area contributed by atoms with Gasteiger partial charge in [-0.3, -0.25) is 14.0 Å². The molecule has 0 fully saturated rings. The summed E-state index contributed by atoms with van der Waals surface area (Å²) < 4.78 is 5.76. The molecule has 0 spiro atoms. The first kappa shape index (κ1) is 21.8. The van der Waals surface area contributed by atoms with Gasteiger partial charge in [-0.15, -0.1) is 0 Å². The van der Waals surface area contributed by atoms with E-state index in [2.05, 4.69) is 58.9 Å². The van der Waals surface area contributed by atoms with Crippen LogP contribution in [0.2, 0.25) is 0 Å². The first-order chi connectivity index (χ1) is 15.4. The number of hydrogen-bond donors (Lipinski definition) is 2. The molecule has 0 amide bonds. The lowest BCUT2D eigenvalue weighted by molar-refractivity contribution is 0.654. The first-order valence-corrected chi connectivity index (χ1v) is 11.0. The van der Waals surface area contributed by atoms with Crippen LogP contribution in [-0.2, 0) is 19.6 Å². The van der Waals surface area contributed by atoms with E-state index < -0.39 is 0 Å². The van der Waals surface area contributed by atoms with Crippen LogP contribution in [0.25, 0.3) is 0 Å². The van der Waals surface area contributed by atoms with Crippen LogP contribution in [0.3, 0.4) is 0 Å². The highest BCUT2D eigenvalue weighted by Crippen LogP contribution is 2.21. The summed E-state index contributed by atoms with van der Waals surface area (Å²) in [6, 6.07) is 8.51. The molecule has 166 valence electrons. The number of benzene rings is 1. The lowest BCUT2D eigenvalue weighted by Gasteiger charge is -2.10. The molecule has 3 aromatic heterocycles. The second-order valence-corrected chi connectivity index (χ2v) is 8.31. The minimum atomic E-state index is 0.504. The number of hydrogen-bond acceptors (Lipinski definition) is 4. The summed E-state index contributed by atoms with van der Waals surface area (Å²) in [5.41, 5.74) is 7.26. The van der Waals surface area contributed by atoms with Crippen molar-refractivity contribution in [3.8, 4) is 0 Å². The molecule has 0 bridgehead atoms. The first-order valence-electron chi connectivity index (χ1n) is 10.6. The van der Waals surface area contributed by atoms with Crippen molar-refractivity contribution in [2.45, 2.75) is 47.3 Å². The summed E-state index contributed by atoms with van der Waals surface area (Å²) in [6.07, 6.45) is 7.58. The monoisotopic (exact) mass is 448 g/mol. The zero-order valence-electron chi connectivity index (χ0n) is 18.8. The van der Waals surface area contributed by atoms with Crippen molar-refractivity contribution < 1.29 is 0 Å². The van der Waals surface area contributed by atoms with E-state index in [9.17, 15) is 0 Å². The van der Waals surface area contributed by atoms with E-state index in [1.54, 1.807) is 6.20 Å². The van der Waals surface area contributed by atoms with Crippen LogP contribution in [0.15, 0.2) is 49.1 Å². The predicted molar refractivity (Wildman–Crippen MR) is 131 cm³/mol. The molecule has 4 rings (SSSR count). The maximum atomic E-state index is 5.54. The lowest BCUT2D eigenvalue weighted by Crippen LogP contribution is -2.19. The van der Waals surface area contributed by atoms with Crippen molar-refractivity contribution in [3.63, 3.8) is 0 Å². The maximum absolute atomic E-state index is 5.54. The Labute approximate surface area is 193 Å². The Morgan fingerprint density at radius 3 is 2.38 bits per heavy atom. The van der Waals surface area contributed by atoms with E-state index in [1.165, 1.54) is 11.1 Å². The van der Waals surface area contributed by atoms with Gasteiger partial charge in [0.05, 0.1) is 48.2 Å². The van der Waals surface area contributed by atoms with Crippen molar-refractivity contribution in [2.75, 3.05) is 10.6 Å². The van der Waals surface area contributed by atoms with Gasteiger partial charge < -0.3 is 10.6 Å². The normalized spacial score (nSPS) is 11.0. The fourth-order valence-corrected chi connectivity index (χ4v) is 3.76. The third-order valence-electron chi connectivity index (χ3n) is 5.32. The van der Waals surface area contributed by atoms with Gasteiger partial charge >= 0.3 is 0 Å². The van der Waals surface area contributed by atoms with E-state index in [0.29, 0.717) is 11.7 Å². The Bertz CT molecular complexity index is 1220. The van der Waals surface area contributed by atoms with E-state index in [-0.39, 0.29) is 0 Å². The van der Waals surface area contributed by atoms with Crippen molar-refractivity contribution >= 4 is 28.7 Å². The number of anilines is 2. The Morgan fingerprint density at radius 2 is 1.66 bits per heavy atom. The number of aromatic nitrogens is 6. The molecule has 4 aromatic rings. The molecule has 0 unspecified atom stereocenters. The van der Waals surface area contributed by atoms with Gasteiger partial charge in [-0.1, -0.05) is 29.8 Å². The maximum Gasteiger partial charge on any atom is 0.175 e. The second-order valence-electron chi connectivity index (χ2n) is 7.90. The van der Waals surface area contributed by atoms with Crippen molar-refractivity contribution in [2.24, 2.45) is 0 Å². The molecule has 8 nitrogen and oxygen atoms in total. The standard InChI is InChI=1S/C23H28N8S/c1-5-29-12-20(10-24-29)13-30-15-21(11-25-30)26-23(32)27-22-17(3)28-31(18(22)4)14-19-8-6-16(2)7-9-19/h6-12,15H,5,13-14H2,1-4H3,(H2,26,27,32). The number of rotatable bonds is 7. The molecule has 0 saturated heterocycles. The van der Waals surface area contributed by atoms with Gasteiger partial charge in [0, 0.05) is 24.5 Å². The van der Waals surface area contributed by atoms with E-state index >= 15 is 0 Å². The topological polar surface area (TPSA) is 77.5 Å².